The van der Waals surface area contributed by atoms with E-state index in [-0.39, 0.29) is 41.6 Å². The number of ether oxygens (including phenoxy) is 1. The van der Waals surface area contributed by atoms with Gasteiger partial charge in [0.25, 0.3) is 0 Å². The van der Waals surface area contributed by atoms with E-state index < -0.39 is 9.84 Å². The molecular formula is C20H35IN4O3S. The van der Waals surface area contributed by atoms with Gasteiger partial charge in [0.15, 0.2) is 15.8 Å². The number of hydrogen-bond acceptors (Lipinski definition) is 5. The number of halogens is 1. The second kappa shape index (κ2) is 12.6. The van der Waals surface area contributed by atoms with Crippen LogP contribution in [0.25, 0.3) is 0 Å². The lowest BCUT2D eigenvalue weighted by Gasteiger charge is -2.26. The first-order chi connectivity index (χ1) is 13.3. The summed E-state index contributed by atoms with van der Waals surface area (Å²) in [6, 6.07) is 6.19. The predicted molar refractivity (Wildman–Crippen MR) is 130 cm³/mol. The smallest absolute Gasteiger partial charge is 0.191 e. The molecule has 1 aliphatic rings. The summed E-state index contributed by atoms with van der Waals surface area (Å²) in [7, 11) is -2.83. The van der Waals surface area contributed by atoms with Crippen LogP contribution in [-0.2, 0) is 16.4 Å². The Morgan fingerprint density at radius 1 is 1.24 bits per heavy atom. The predicted octanol–water partition coefficient (Wildman–Crippen LogP) is 2.19. The van der Waals surface area contributed by atoms with Gasteiger partial charge in [0.2, 0.25) is 0 Å². The number of sulfone groups is 1. The Hall–Kier alpha value is -1.07. The second-order valence-corrected chi connectivity index (χ2v) is 9.70. The second-order valence-electron chi connectivity index (χ2n) is 7.39. The molecule has 1 aromatic carbocycles. The van der Waals surface area contributed by atoms with Crippen molar-refractivity contribution in [3.8, 4) is 5.75 Å². The molecule has 0 unspecified atom stereocenters. The maximum Gasteiger partial charge on any atom is 0.191 e. The molecule has 9 heteroatoms. The molecule has 1 saturated heterocycles. The van der Waals surface area contributed by atoms with E-state index >= 15 is 0 Å². The molecule has 0 aliphatic carbocycles. The average Bonchev–Trinajstić information content (AvgIpc) is 2.62. The molecule has 1 aliphatic heterocycles. The van der Waals surface area contributed by atoms with E-state index in [1.54, 1.807) is 0 Å². The molecule has 0 bridgehead atoms. The van der Waals surface area contributed by atoms with Crippen LogP contribution in [0.1, 0.15) is 31.9 Å². The highest BCUT2D eigenvalue weighted by Crippen LogP contribution is 2.22. The monoisotopic (exact) mass is 538 g/mol. The molecule has 0 amide bonds. The van der Waals surface area contributed by atoms with Crippen molar-refractivity contribution in [1.82, 2.24) is 15.5 Å². The molecule has 2 rings (SSSR count). The number of aryl methyl sites for hydroxylation is 1. The van der Waals surface area contributed by atoms with Gasteiger partial charge in [-0.15, -0.1) is 24.0 Å². The minimum Gasteiger partial charge on any atom is -0.491 e. The minimum absolute atomic E-state index is 0. The summed E-state index contributed by atoms with van der Waals surface area (Å²) in [4.78, 5) is 6.86. The highest BCUT2D eigenvalue weighted by molar-refractivity contribution is 14.0. The molecular weight excluding hydrogens is 503 g/mol. The van der Waals surface area contributed by atoms with Crippen molar-refractivity contribution in [2.45, 2.75) is 40.3 Å². The Morgan fingerprint density at radius 2 is 1.93 bits per heavy atom. The summed E-state index contributed by atoms with van der Waals surface area (Å²) in [5, 5.41) is 6.60. The topological polar surface area (TPSA) is 83.0 Å². The Labute approximate surface area is 192 Å². The molecule has 166 valence electrons. The summed E-state index contributed by atoms with van der Waals surface area (Å²) < 4.78 is 29.0. The Morgan fingerprint density at radius 3 is 2.55 bits per heavy atom. The van der Waals surface area contributed by atoms with E-state index in [4.69, 9.17) is 4.74 Å². The summed E-state index contributed by atoms with van der Waals surface area (Å²) in [6.45, 7) is 12.2. The molecule has 0 atom stereocenters. The number of nitrogens with zero attached hydrogens (tertiary/aromatic N) is 2. The van der Waals surface area contributed by atoms with Gasteiger partial charge < -0.3 is 15.4 Å². The Bertz CT molecular complexity index is 755. The standard InChI is InChI=1S/C20H34N4O3S.HI/c1-5-21-20(22-8-9-24-10-12-28(25,26)13-11-24)23-15-18-7-6-17(4)14-19(18)27-16(2)3;/h6-7,14,16H,5,8-13,15H2,1-4H3,(H2,21,22,23);1H. The maximum absolute atomic E-state index is 11.5. The van der Waals surface area contributed by atoms with Crippen molar-refractivity contribution < 1.29 is 13.2 Å². The summed E-state index contributed by atoms with van der Waals surface area (Å²) >= 11 is 0. The number of hydrogen-bond donors (Lipinski definition) is 2. The average molecular weight is 538 g/mol. The van der Waals surface area contributed by atoms with Gasteiger partial charge in [0.1, 0.15) is 5.75 Å². The number of benzene rings is 1. The number of rotatable bonds is 8. The lowest BCUT2D eigenvalue weighted by Crippen LogP contribution is -2.45. The molecule has 29 heavy (non-hydrogen) atoms. The molecule has 0 spiro atoms. The third-order valence-corrected chi connectivity index (χ3v) is 6.10. The molecule has 0 aromatic heterocycles. The fourth-order valence-electron chi connectivity index (χ4n) is 2.97. The Kier molecular flexibility index (Phi) is 11.3. The van der Waals surface area contributed by atoms with Crippen LogP contribution in [0.2, 0.25) is 0 Å². The SMILES string of the molecule is CCNC(=NCc1ccc(C)cc1OC(C)C)NCCN1CCS(=O)(=O)CC1.I. The van der Waals surface area contributed by atoms with Crippen LogP contribution in [-0.4, -0.2) is 69.6 Å². The van der Waals surface area contributed by atoms with Gasteiger partial charge in [-0.25, -0.2) is 13.4 Å². The normalized spacial score (nSPS) is 16.9. The van der Waals surface area contributed by atoms with Crippen molar-refractivity contribution in [3.63, 3.8) is 0 Å². The van der Waals surface area contributed by atoms with Gasteiger partial charge in [-0.05, 0) is 39.3 Å². The molecule has 0 radical (unpaired) electrons. The van der Waals surface area contributed by atoms with Gasteiger partial charge in [0, 0.05) is 38.3 Å². The summed E-state index contributed by atoms with van der Waals surface area (Å²) in [5.41, 5.74) is 2.22. The van der Waals surface area contributed by atoms with Gasteiger partial charge in [-0.3, -0.25) is 4.90 Å². The highest BCUT2D eigenvalue weighted by atomic mass is 127. The fraction of sp³-hybridized carbons (Fsp3) is 0.650. The lowest BCUT2D eigenvalue weighted by atomic mass is 10.1. The van der Waals surface area contributed by atoms with Crippen LogP contribution in [0.3, 0.4) is 0 Å². The zero-order valence-electron chi connectivity index (χ0n) is 17.9. The Balaban J connectivity index is 0.00000420. The molecule has 2 N–H and O–H groups in total. The van der Waals surface area contributed by atoms with Crippen molar-refractivity contribution >= 4 is 39.8 Å². The van der Waals surface area contributed by atoms with Gasteiger partial charge in [-0.1, -0.05) is 12.1 Å². The first-order valence-electron chi connectivity index (χ1n) is 10.00. The van der Waals surface area contributed by atoms with Crippen LogP contribution in [0.15, 0.2) is 23.2 Å². The number of guanidine groups is 1. The van der Waals surface area contributed by atoms with E-state index in [1.807, 2.05) is 20.8 Å². The van der Waals surface area contributed by atoms with Crippen LogP contribution >= 0.6 is 24.0 Å². The van der Waals surface area contributed by atoms with Crippen LogP contribution in [0.5, 0.6) is 5.75 Å². The molecule has 1 aromatic rings. The van der Waals surface area contributed by atoms with Crippen LogP contribution in [0.4, 0.5) is 0 Å². The van der Waals surface area contributed by atoms with Gasteiger partial charge in [0.05, 0.1) is 24.2 Å². The summed E-state index contributed by atoms with van der Waals surface area (Å²) in [5.74, 6) is 2.15. The maximum atomic E-state index is 11.5. The van der Waals surface area contributed by atoms with Crippen molar-refractivity contribution in [3.05, 3.63) is 29.3 Å². The zero-order valence-corrected chi connectivity index (χ0v) is 21.0. The lowest BCUT2D eigenvalue weighted by molar-refractivity contribution is 0.240. The summed E-state index contributed by atoms with van der Waals surface area (Å²) in [6.07, 6.45) is 0.115. The van der Waals surface area contributed by atoms with E-state index in [9.17, 15) is 8.42 Å². The third-order valence-electron chi connectivity index (χ3n) is 4.49. The van der Waals surface area contributed by atoms with Crippen molar-refractivity contribution in [1.29, 1.82) is 0 Å². The first-order valence-corrected chi connectivity index (χ1v) is 11.8. The first kappa shape index (κ1) is 26.0. The van der Waals surface area contributed by atoms with Crippen molar-refractivity contribution in [2.75, 3.05) is 44.2 Å². The van der Waals surface area contributed by atoms with Crippen LogP contribution < -0.4 is 15.4 Å². The zero-order chi connectivity index (χ0) is 20.6. The molecule has 1 fully saturated rings. The van der Waals surface area contributed by atoms with E-state index in [1.165, 1.54) is 0 Å². The van der Waals surface area contributed by atoms with E-state index in [0.29, 0.717) is 19.6 Å². The van der Waals surface area contributed by atoms with E-state index in [0.717, 1.165) is 42.5 Å². The molecule has 1 heterocycles. The quantitative estimate of drug-likeness (QED) is 0.300. The number of aliphatic imine (C=N–C) groups is 1. The fourth-order valence-corrected chi connectivity index (χ4v) is 4.25. The van der Waals surface area contributed by atoms with Crippen LogP contribution in [0, 0.1) is 6.92 Å². The molecule has 7 nitrogen and oxygen atoms in total. The van der Waals surface area contributed by atoms with Gasteiger partial charge in [-0.2, -0.15) is 0 Å². The van der Waals surface area contributed by atoms with Gasteiger partial charge >= 0.3 is 0 Å². The largest absolute Gasteiger partial charge is 0.491 e. The minimum atomic E-state index is -2.83. The number of nitrogens with one attached hydrogen (secondary N) is 2. The third kappa shape index (κ3) is 9.52. The molecule has 0 saturated carbocycles. The van der Waals surface area contributed by atoms with E-state index in [2.05, 4.69) is 45.6 Å². The van der Waals surface area contributed by atoms with Crippen molar-refractivity contribution in [2.24, 2.45) is 4.99 Å². The highest BCUT2D eigenvalue weighted by Gasteiger charge is 2.20.